The van der Waals surface area contributed by atoms with Gasteiger partial charge in [-0.2, -0.15) is 0 Å². The summed E-state index contributed by atoms with van der Waals surface area (Å²) in [6, 6.07) is 15.8. The van der Waals surface area contributed by atoms with Crippen molar-refractivity contribution in [3.8, 4) is 0 Å². The zero-order chi connectivity index (χ0) is 19.8. The fraction of sp³-hybridized carbons (Fsp3) is 0.261. The fourth-order valence-corrected chi connectivity index (χ4v) is 4.00. The van der Waals surface area contributed by atoms with E-state index in [1.54, 1.807) is 6.33 Å². The Morgan fingerprint density at radius 2 is 1.97 bits per heavy atom. The summed E-state index contributed by atoms with van der Waals surface area (Å²) in [5, 5.41) is 4.03. The molecule has 1 saturated heterocycles. The van der Waals surface area contributed by atoms with Gasteiger partial charge in [0.1, 0.15) is 17.4 Å². The third-order valence-electron chi connectivity index (χ3n) is 5.55. The first-order chi connectivity index (χ1) is 14.2. The van der Waals surface area contributed by atoms with Crippen molar-refractivity contribution in [2.45, 2.75) is 19.8 Å². The lowest BCUT2D eigenvalue weighted by molar-refractivity contribution is -0.120. The molecule has 4 aromatic rings. The average Bonchev–Trinajstić information content (AvgIpc) is 3.14. The van der Waals surface area contributed by atoms with E-state index in [0.717, 1.165) is 47.4 Å². The Hall–Kier alpha value is -3.41. The molecule has 0 aliphatic carbocycles. The van der Waals surface area contributed by atoms with Crippen LogP contribution in [-0.4, -0.2) is 29.0 Å². The van der Waals surface area contributed by atoms with E-state index >= 15 is 0 Å². The Morgan fingerprint density at radius 3 is 2.83 bits per heavy atom. The number of fused-ring (bicyclic) bond motifs is 3. The summed E-state index contributed by atoms with van der Waals surface area (Å²) < 4.78 is 6.07. The highest BCUT2D eigenvalue weighted by Gasteiger charge is 2.28. The smallest absolute Gasteiger partial charge is 0.229 e. The molecule has 1 aliphatic rings. The van der Waals surface area contributed by atoms with Crippen molar-refractivity contribution in [1.29, 1.82) is 0 Å². The van der Waals surface area contributed by atoms with E-state index in [-0.39, 0.29) is 11.8 Å². The molecule has 0 saturated carbocycles. The lowest BCUT2D eigenvalue weighted by atomic mass is 9.97. The SMILES string of the molecule is Cc1ccc(NC(=O)C2CCCN(c3ncnc4c3oc3ccccc34)C2)cc1. The molecule has 1 amide bonds. The first-order valence-electron chi connectivity index (χ1n) is 9.94. The second-order valence-electron chi connectivity index (χ2n) is 7.61. The maximum absolute atomic E-state index is 12.8. The zero-order valence-corrected chi connectivity index (χ0v) is 16.3. The van der Waals surface area contributed by atoms with E-state index < -0.39 is 0 Å². The molecule has 1 unspecified atom stereocenters. The fourth-order valence-electron chi connectivity index (χ4n) is 4.00. The summed E-state index contributed by atoms with van der Waals surface area (Å²) in [6.45, 7) is 3.49. The summed E-state index contributed by atoms with van der Waals surface area (Å²) in [7, 11) is 0. The molecular weight excluding hydrogens is 364 g/mol. The van der Waals surface area contributed by atoms with Gasteiger partial charge < -0.3 is 14.6 Å². The molecule has 1 fully saturated rings. The number of benzene rings is 2. The van der Waals surface area contributed by atoms with E-state index in [1.807, 2.05) is 55.5 Å². The summed E-state index contributed by atoms with van der Waals surface area (Å²) in [6.07, 6.45) is 3.37. The number of rotatable bonds is 3. The minimum Gasteiger partial charge on any atom is -0.450 e. The van der Waals surface area contributed by atoms with Gasteiger partial charge in [-0.1, -0.05) is 29.8 Å². The van der Waals surface area contributed by atoms with E-state index in [9.17, 15) is 4.79 Å². The highest BCUT2D eigenvalue weighted by Crippen LogP contribution is 2.33. The number of para-hydroxylation sites is 1. The summed E-state index contributed by atoms with van der Waals surface area (Å²) in [4.78, 5) is 23.9. The Bertz CT molecular complexity index is 1180. The van der Waals surface area contributed by atoms with E-state index in [2.05, 4.69) is 20.2 Å². The molecule has 2 aromatic carbocycles. The minimum atomic E-state index is -0.0977. The lowest BCUT2D eigenvalue weighted by Crippen LogP contribution is -2.41. The van der Waals surface area contributed by atoms with Crippen LogP contribution in [0.1, 0.15) is 18.4 Å². The van der Waals surface area contributed by atoms with Gasteiger partial charge in [-0.25, -0.2) is 9.97 Å². The number of anilines is 2. The van der Waals surface area contributed by atoms with Gasteiger partial charge in [0.25, 0.3) is 0 Å². The normalized spacial score (nSPS) is 17.0. The quantitative estimate of drug-likeness (QED) is 0.560. The van der Waals surface area contributed by atoms with Crippen LogP contribution in [0.25, 0.3) is 22.1 Å². The van der Waals surface area contributed by atoms with E-state index in [4.69, 9.17) is 4.42 Å². The molecule has 5 rings (SSSR count). The minimum absolute atomic E-state index is 0.0495. The molecule has 1 N–H and O–H groups in total. The number of amides is 1. The van der Waals surface area contributed by atoms with Gasteiger partial charge in [-0.3, -0.25) is 4.79 Å². The summed E-state index contributed by atoms with van der Waals surface area (Å²) >= 11 is 0. The van der Waals surface area contributed by atoms with Crippen LogP contribution in [0.2, 0.25) is 0 Å². The van der Waals surface area contributed by atoms with Crippen LogP contribution >= 0.6 is 0 Å². The number of nitrogens with zero attached hydrogens (tertiary/aromatic N) is 3. The van der Waals surface area contributed by atoms with Crippen molar-refractivity contribution in [2.24, 2.45) is 5.92 Å². The Balaban J connectivity index is 1.40. The third-order valence-corrected chi connectivity index (χ3v) is 5.55. The number of hydrogen-bond acceptors (Lipinski definition) is 5. The molecule has 0 radical (unpaired) electrons. The zero-order valence-electron chi connectivity index (χ0n) is 16.3. The number of hydrogen-bond donors (Lipinski definition) is 1. The molecular formula is C23H22N4O2. The molecule has 1 aliphatic heterocycles. The van der Waals surface area contributed by atoms with Crippen molar-refractivity contribution < 1.29 is 9.21 Å². The number of aryl methyl sites for hydroxylation is 1. The molecule has 6 heteroatoms. The number of aromatic nitrogens is 2. The average molecular weight is 386 g/mol. The van der Waals surface area contributed by atoms with Gasteiger partial charge in [-0.15, -0.1) is 0 Å². The number of furan rings is 1. The van der Waals surface area contributed by atoms with Gasteiger partial charge in [0, 0.05) is 24.2 Å². The van der Waals surface area contributed by atoms with Crippen molar-refractivity contribution >= 4 is 39.5 Å². The standard InChI is InChI=1S/C23H22N4O2/c1-15-8-10-17(11-9-15)26-23(28)16-5-4-12-27(13-16)22-21-20(24-14-25-22)18-6-2-3-7-19(18)29-21/h2-3,6-11,14,16H,4-5,12-13H2,1H3,(H,26,28). The number of nitrogens with one attached hydrogen (secondary N) is 1. The van der Waals surface area contributed by atoms with Gasteiger partial charge in [0.2, 0.25) is 5.91 Å². The van der Waals surface area contributed by atoms with Crippen molar-refractivity contribution in [3.05, 3.63) is 60.4 Å². The largest absolute Gasteiger partial charge is 0.450 e. The lowest BCUT2D eigenvalue weighted by Gasteiger charge is -2.32. The molecule has 1 atom stereocenters. The van der Waals surface area contributed by atoms with Gasteiger partial charge in [0.05, 0.1) is 5.92 Å². The van der Waals surface area contributed by atoms with Gasteiger partial charge >= 0.3 is 0 Å². The molecule has 3 heterocycles. The molecule has 0 spiro atoms. The first-order valence-corrected chi connectivity index (χ1v) is 9.94. The molecule has 146 valence electrons. The van der Waals surface area contributed by atoms with Crippen LogP contribution in [0, 0.1) is 12.8 Å². The summed E-state index contributed by atoms with van der Waals surface area (Å²) in [5.41, 5.74) is 4.31. The first kappa shape index (κ1) is 17.7. The third kappa shape index (κ3) is 3.31. The van der Waals surface area contributed by atoms with Gasteiger partial charge in [0.15, 0.2) is 11.4 Å². The van der Waals surface area contributed by atoms with Crippen molar-refractivity contribution in [3.63, 3.8) is 0 Å². The Kier molecular flexibility index (Phi) is 4.39. The van der Waals surface area contributed by atoms with Crippen LogP contribution in [0.5, 0.6) is 0 Å². The van der Waals surface area contributed by atoms with Crippen LogP contribution in [0.3, 0.4) is 0 Å². The van der Waals surface area contributed by atoms with Crippen LogP contribution in [0.15, 0.2) is 59.3 Å². The summed E-state index contributed by atoms with van der Waals surface area (Å²) in [5.74, 6) is 0.715. The topological polar surface area (TPSA) is 71.3 Å². The van der Waals surface area contributed by atoms with Crippen LogP contribution < -0.4 is 10.2 Å². The van der Waals surface area contributed by atoms with E-state index in [0.29, 0.717) is 12.1 Å². The highest BCUT2D eigenvalue weighted by molar-refractivity contribution is 6.05. The van der Waals surface area contributed by atoms with Crippen LogP contribution in [-0.2, 0) is 4.79 Å². The maximum Gasteiger partial charge on any atom is 0.229 e. The van der Waals surface area contributed by atoms with E-state index in [1.165, 1.54) is 5.56 Å². The molecule has 29 heavy (non-hydrogen) atoms. The Morgan fingerprint density at radius 1 is 1.14 bits per heavy atom. The highest BCUT2D eigenvalue weighted by atomic mass is 16.3. The van der Waals surface area contributed by atoms with Crippen LogP contribution in [0.4, 0.5) is 11.5 Å². The number of carbonyl (C=O) groups excluding carboxylic acids is 1. The second-order valence-corrected chi connectivity index (χ2v) is 7.61. The predicted octanol–water partition coefficient (Wildman–Crippen LogP) is 4.54. The predicted molar refractivity (Wildman–Crippen MR) is 114 cm³/mol. The van der Waals surface area contributed by atoms with Crippen molar-refractivity contribution in [2.75, 3.05) is 23.3 Å². The van der Waals surface area contributed by atoms with Gasteiger partial charge in [-0.05, 0) is 44.0 Å². The van der Waals surface area contributed by atoms with Crippen molar-refractivity contribution in [1.82, 2.24) is 9.97 Å². The Labute approximate surface area is 168 Å². The second kappa shape index (κ2) is 7.20. The molecule has 2 aromatic heterocycles. The number of carbonyl (C=O) groups is 1. The molecule has 0 bridgehead atoms. The molecule has 6 nitrogen and oxygen atoms in total. The number of piperidine rings is 1. The maximum atomic E-state index is 12.8. The monoisotopic (exact) mass is 386 g/mol.